The van der Waals surface area contributed by atoms with Crippen molar-refractivity contribution in [2.45, 2.75) is 19.5 Å². The van der Waals surface area contributed by atoms with Gasteiger partial charge in [0.25, 0.3) is 0 Å². The predicted molar refractivity (Wildman–Crippen MR) is 58.2 cm³/mol. The Morgan fingerprint density at radius 3 is 2.86 bits per heavy atom. The highest BCUT2D eigenvalue weighted by atomic mass is 15.1. The highest BCUT2D eigenvalue weighted by Gasteiger charge is 2.01. The number of nitrogens with one attached hydrogen (secondary N) is 1. The summed E-state index contributed by atoms with van der Waals surface area (Å²) in [4.78, 5) is 6.19. The first kappa shape index (κ1) is 11.2. The van der Waals surface area contributed by atoms with Crippen LogP contribution in [0.3, 0.4) is 0 Å². The van der Waals surface area contributed by atoms with Crippen LogP contribution < -0.4 is 5.32 Å². The van der Waals surface area contributed by atoms with Crippen molar-refractivity contribution >= 4 is 0 Å². The van der Waals surface area contributed by atoms with Gasteiger partial charge in [-0.3, -0.25) is 0 Å². The molecule has 0 aromatic carbocycles. The zero-order valence-corrected chi connectivity index (χ0v) is 9.27. The Balaban J connectivity index is 2.13. The number of rotatable bonds is 6. The van der Waals surface area contributed by atoms with Crippen molar-refractivity contribution in [1.82, 2.24) is 19.8 Å². The molecule has 4 nitrogen and oxygen atoms in total. The van der Waals surface area contributed by atoms with Gasteiger partial charge in [-0.25, -0.2) is 4.98 Å². The van der Waals surface area contributed by atoms with Crippen molar-refractivity contribution in [3.05, 3.63) is 18.7 Å². The topological polar surface area (TPSA) is 33.1 Å². The Kier molecular flexibility index (Phi) is 4.62. The van der Waals surface area contributed by atoms with Crippen molar-refractivity contribution in [2.75, 3.05) is 27.2 Å². The number of likely N-dealkylation sites (N-methyl/N-ethyl adjacent to an activating group) is 1. The van der Waals surface area contributed by atoms with E-state index >= 15 is 0 Å². The summed E-state index contributed by atoms with van der Waals surface area (Å²) in [6, 6.07) is 0.490. The van der Waals surface area contributed by atoms with Crippen molar-refractivity contribution in [3.8, 4) is 0 Å². The monoisotopic (exact) mass is 196 g/mol. The highest BCUT2D eigenvalue weighted by Crippen LogP contribution is 1.90. The minimum atomic E-state index is 0.490. The fourth-order valence-corrected chi connectivity index (χ4v) is 1.31. The second-order valence-electron chi connectivity index (χ2n) is 3.92. The molecule has 80 valence electrons. The Hall–Kier alpha value is -0.870. The third-order valence-electron chi connectivity index (χ3n) is 2.10. The maximum absolute atomic E-state index is 4.01. The van der Waals surface area contributed by atoms with E-state index < -0.39 is 0 Å². The zero-order valence-electron chi connectivity index (χ0n) is 9.27. The van der Waals surface area contributed by atoms with Gasteiger partial charge in [0.05, 0.1) is 6.33 Å². The molecular formula is C10H20N4. The molecule has 0 fully saturated rings. The first-order valence-corrected chi connectivity index (χ1v) is 5.02. The van der Waals surface area contributed by atoms with Crippen LogP contribution in [0.4, 0.5) is 0 Å². The van der Waals surface area contributed by atoms with E-state index in [0.717, 1.165) is 19.6 Å². The van der Waals surface area contributed by atoms with E-state index in [0.29, 0.717) is 6.04 Å². The molecule has 0 saturated carbocycles. The van der Waals surface area contributed by atoms with E-state index in [4.69, 9.17) is 0 Å². The Bertz CT molecular complexity index is 230. The van der Waals surface area contributed by atoms with Gasteiger partial charge in [0.2, 0.25) is 0 Å². The molecule has 0 aliphatic rings. The van der Waals surface area contributed by atoms with Crippen molar-refractivity contribution in [3.63, 3.8) is 0 Å². The lowest BCUT2D eigenvalue weighted by atomic mass is 10.3. The van der Waals surface area contributed by atoms with Crippen molar-refractivity contribution < 1.29 is 0 Å². The summed E-state index contributed by atoms with van der Waals surface area (Å²) in [6.45, 7) is 5.28. The average molecular weight is 196 g/mol. The second kappa shape index (κ2) is 5.78. The molecule has 0 spiro atoms. The smallest absolute Gasteiger partial charge is 0.0946 e. The van der Waals surface area contributed by atoms with Crippen molar-refractivity contribution in [1.29, 1.82) is 0 Å². The molecule has 1 N–H and O–H groups in total. The van der Waals surface area contributed by atoms with E-state index in [1.54, 1.807) is 0 Å². The maximum atomic E-state index is 4.01. The van der Waals surface area contributed by atoms with E-state index in [1.165, 1.54) is 0 Å². The van der Waals surface area contributed by atoms with Crippen LogP contribution in [0.2, 0.25) is 0 Å². The Labute approximate surface area is 85.9 Å². The average Bonchev–Trinajstić information content (AvgIpc) is 2.56. The van der Waals surface area contributed by atoms with Crippen LogP contribution in [0, 0.1) is 0 Å². The summed E-state index contributed by atoms with van der Waals surface area (Å²) >= 11 is 0. The van der Waals surface area contributed by atoms with Gasteiger partial charge in [-0.15, -0.1) is 0 Å². The zero-order chi connectivity index (χ0) is 10.4. The summed E-state index contributed by atoms with van der Waals surface area (Å²) in [7, 11) is 4.17. The minimum absolute atomic E-state index is 0.490. The van der Waals surface area contributed by atoms with Gasteiger partial charge in [-0.1, -0.05) is 0 Å². The number of hydrogen-bond donors (Lipinski definition) is 1. The van der Waals surface area contributed by atoms with Gasteiger partial charge >= 0.3 is 0 Å². The molecule has 0 aliphatic heterocycles. The first-order valence-electron chi connectivity index (χ1n) is 5.02. The molecule has 1 aromatic heterocycles. The fourth-order valence-electron chi connectivity index (χ4n) is 1.31. The van der Waals surface area contributed by atoms with Gasteiger partial charge in [-0.2, -0.15) is 0 Å². The molecule has 1 unspecified atom stereocenters. The van der Waals surface area contributed by atoms with Gasteiger partial charge in [0.1, 0.15) is 0 Å². The third-order valence-corrected chi connectivity index (χ3v) is 2.10. The molecular weight excluding hydrogens is 176 g/mol. The van der Waals surface area contributed by atoms with Crippen LogP contribution in [0.5, 0.6) is 0 Å². The quantitative estimate of drug-likeness (QED) is 0.716. The molecule has 1 aromatic rings. The predicted octanol–water partition coefficient (Wildman–Crippen LogP) is 0.423. The Morgan fingerprint density at radius 1 is 1.50 bits per heavy atom. The highest BCUT2D eigenvalue weighted by molar-refractivity contribution is 4.76. The summed E-state index contributed by atoms with van der Waals surface area (Å²) in [5.41, 5.74) is 0. The summed E-state index contributed by atoms with van der Waals surface area (Å²) in [6.07, 6.45) is 5.65. The molecule has 0 aliphatic carbocycles. The van der Waals surface area contributed by atoms with Gasteiger partial charge in [0, 0.05) is 38.1 Å². The first-order chi connectivity index (χ1) is 6.68. The van der Waals surface area contributed by atoms with Crippen LogP contribution in [0.1, 0.15) is 6.92 Å². The summed E-state index contributed by atoms with van der Waals surface area (Å²) < 4.78 is 2.09. The van der Waals surface area contributed by atoms with Gasteiger partial charge in [-0.05, 0) is 21.0 Å². The minimum Gasteiger partial charge on any atom is -0.336 e. The summed E-state index contributed by atoms with van der Waals surface area (Å²) in [5, 5.41) is 3.46. The number of hydrogen-bond acceptors (Lipinski definition) is 3. The normalized spacial score (nSPS) is 13.4. The fraction of sp³-hybridized carbons (Fsp3) is 0.700. The lowest BCUT2D eigenvalue weighted by Crippen LogP contribution is -2.35. The SMILES string of the molecule is CC(Cn1ccnc1)NCCN(C)C. The van der Waals surface area contributed by atoms with E-state index in [9.17, 15) is 0 Å². The molecule has 14 heavy (non-hydrogen) atoms. The van der Waals surface area contributed by atoms with E-state index in [2.05, 4.69) is 40.8 Å². The molecule has 0 radical (unpaired) electrons. The van der Waals surface area contributed by atoms with Crippen molar-refractivity contribution in [2.24, 2.45) is 0 Å². The lowest BCUT2D eigenvalue weighted by molar-refractivity contribution is 0.377. The summed E-state index contributed by atoms with van der Waals surface area (Å²) in [5.74, 6) is 0. The molecule has 0 saturated heterocycles. The largest absolute Gasteiger partial charge is 0.336 e. The van der Waals surface area contributed by atoms with Crippen LogP contribution in [-0.4, -0.2) is 47.7 Å². The maximum Gasteiger partial charge on any atom is 0.0946 e. The van der Waals surface area contributed by atoms with Crippen LogP contribution >= 0.6 is 0 Å². The number of aromatic nitrogens is 2. The second-order valence-corrected chi connectivity index (χ2v) is 3.92. The molecule has 0 amide bonds. The third kappa shape index (κ3) is 4.39. The molecule has 0 bridgehead atoms. The van der Waals surface area contributed by atoms with E-state index in [-0.39, 0.29) is 0 Å². The van der Waals surface area contributed by atoms with E-state index in [1.807, 2.05) is 18.7 Å². The van der Waals surface area contributed by atoms with Crippen LogP contribution in [0.25, 0.3) is 0 Å². The Morgan fingerprint density at radius 2 is 2.29 bits per heavy atom. The molecule has 1 heterocycles. The van der Waals surface area contributed by atoms with Gasteiger partial charge in [0.15, 0.2) is 0 Å². The standard InChI is InChI=1S/C10H20N4/c1-10(12-5-6-13(2)3)8-14-7-4-11-9-14/h4,7,9-10,12H,5-6,8H2,1-3H3. The lowest BCUT2D eigenvalue weighted by Gasteiger charge is -2.16. The van der Waals surface area contributed by atoms with Crippen LogP contribution in [0.15, 0.2) is 18.7 Å². The number of nitrogens with zero attached hydrogens (tertiary/aromatic N) is 3. The van der Waals surface area contributed by atoms with Crippen LogP contribution in [-0.2, 0) is 6.54 Å². The molecule has 1 rings (SSSR count). The molecule has 4 heteroatoms. The number of imidazole rings is 1. The van der Waals surface area contributed by atoms with Gasteiger partial charge < -0.3 is 14.8 Å². The molecule has 1 atom stereocenters.